The predicted octanol–water partition coefficient (Wildman–Crippen LogP) is 4.93. The van der Waals surface area contributed by atoms with Crippen molar-refractivity contribution in [2.45, 2.75) is 11.5 Å². The van der Waals surface area contributed by atoms with Gasteiger partial charge in [0, 0.05) is 5.33 Å². The number of pyridine rings is 1. The average Bonchev–Trinajstić information content (AvgIpc) is 2.40. The zero-order chi connectivity index (χ0) is 14.8. The number of ether oxygens (including phenoxy) is 1. The molecule has 2 rings (SSSR count). The second-order valence-electron chi connectivity index (χ2n) is 3.88. The Balaban J connectivity index is 2.18. The SMILES string of the molecule is Fc1cc(CBr)ccc1Oc1ccc(C(F)(F)F)nc1. The molecule has 0 spiro atoms. The van der Waals surface area contributed by atoms with Gasteiger partial charge in [0.2, 0.25) is 0 Å². The molecule has 0 bridgehead atoms. The van der Waals surface area contributed by atoms with Crippen molar-refractivity contribution in [3.8, 4) is 11.5 Å². The fourth-order valence-corrected chi connectivity index (χ4v) is 1.79. The average molecular weight is 350 g/mol. The summed E-state index contributed by atoms with van der Waals surface area (Å²) in [5, 5.41) is 0.492. The summed E-state index contributed by atoms with van der Waals surface area (Å²) in [7, 11) is 0. The molecule has 0 N–H and O–H groups in total. The van der Waals surface area contributed by atoms with Crippen LogP contribution >= 0.6 is 15.9 Å². The highest BCUT2D eigenvalue weighted by Crippen LogP contribution is 2.30. The van der Waals surface area contributed by atoms with Crippen LogP contribution in [0.15, 0.2) is 36.5 Å². The molecule has 0 atom stereocenters. The number of hydrogen-bond acceptors (Lipinski definition) is 2. The van der Waals surface area contributed by atoms with Gasteiger partial charge in [-0.15, -0.1) is 0 Å². The van der Waals surface area contributed by atoms with Crippen molar-refractivity contribution >= 4 is 15.9 Å². The third kappa shape index (κ3) is 3.47. The van der Waals surface area contributed by atoms with Crippen LogP contribution < -0.4 is 4.74 Å². The summed E-state index contributed by atoms with van der Waals surface area (Å²) in [5.41, 5.74) is -0.305. The van der Waals surface area contributed by atoms with Gasteiger partial charge in [0.1, 0.15) is 11.4 Å². The molecule has 0 aliphatic heterocycles. The van der Waals surface area contributed by atoms with Crippen molar-refractivity contribution in [1.82, 2.24) is 4.98 Å². The van der Waals surface area contributed by atoms with Gasteiger partial charge >= 0.3 is 6.18 Å². The van der Waals surface area contributed by atoms with E-state index in [0.29, 0.717) is 5.33 Å². The summed E-state index contributed by atoms with van der Waals surface area (Å²) >= 11 is 3.19. The molecular weight excluding hydrogens is 342 g/mol. The highest BCUT2D eigenvalue weighted by Gasteiger charge is 2.32. The molecule has 1 heterocycles. The lowest BCUT2D eigenvalue weighted by Crippen LogP contribution is -2.07. The maximum absolute atomic E-state index is 13.6. The van der Waals surface area contributed by atoms with Crippen molar-refractivity contribution < 1.29 is 22.3 Å². The van der Waals surface area contributed by atoms with E-state index in [4.69, 9.17) is 4.74 Å². The first-order valence-electron chi connectivity index (χ1n) is 5.45. The van der Waals surface area contributed by atoms with Gasteiger partial charge in [-0.05, 0) is 29.8 Å². The molecule has 7 heteroatoms. The summed E-state index contributed by atoms with van der Waals surface area (Å²) in [6.45, 7) is 0. The summed E-state index contributed by atoms with van der Waals surface area (Å²) < 4.78 is 55.8. The lowest BCUT2D eigenvalue weighted by Gasteiger charge is -2.09. The van der Waals surface area contributed by atoms with E-state index in [-0.39, 0.29) is 11.5 Å². The fraction of sp³-hybridized carbons (Fsp3) is 0.154. The van der Waals surface area contributed by atoms with Crippen LogP contribution in [-0.4, -0.2) is 4.98 Å². The molecule has 20 heavy (non-hydrogen) atoms. The van der Waals surface area contributed by atoms with Gasteiger partial charge in [-0.2, -0.15) is 13.2 Å². The lowest BCUT2D eigenvalue weighted by molar-refractivity contribution is -0.141. The van der Waals surface area contributed by atoms with Crippen LogP contribution in [0.5, 0.6) is 11.5 Å². The molecule has 1 aromatic carbocycles. The Morgan fingerprint density at radius 1 is 1.15 bits per heavy atom. The van der Waals surface area contributed by atoms with Crippen molar-refractivity contribution in [2.75, 3.05) is 0 Å². The Hall–Kier alpha value is -1.63. The number of nitrogens with zero attached hydrogens (tertiary/aromatic N) is 1. The van der Waals surface area contributed by atoms with E-state index in [0.717, 1.165) is 23.9 Å². The minimum Gasteiger partial charge on any atom is -0.453 e. The summed E-state index contributed by atoms with van der Waals surface area (Å²) in [5.74, 6) is -0.637. The quantitative estimate of drug-likeness (QED) is 0.579. The molecule has 0 amide bonds. The highest BCUT2D eigenvalue weighted by molar-refractivity contribution is 9.08. The van der Waals surface area contributed by atoms with Crippen molar-refractivity contribution in [1.29, 1.82) is 0 Å². The smallest absolute Gasteiger partial charge is 0.433 e. The molecule has 2 aromatic rings. The third-order valence-electron chi connectivity index (χ3n) is 2.41. The fourth-order valence-electron chi connectivity index (χ4n) is 1.45. The first-order chi connectivity index (χ1) is 9.40. The van der Waals surface area contributed by atoms with Crippen LogP contribution in [0.1, 0.15) is 11.3 Å². The van der Waals surface area contributed by atoms with E-state index >= 15 is 0 Å². The van der Waals surface area contributed by atoms with Crippen LogP contribution in [0.4, 0.5) is 17.6 Å². The first-order valence-corrected chi connectivity index (χ1v) is 6.58. The molecule has 0 unspecified atom stereocenters. The minimum atomic E-state index is -4.51. The van der Waals surface area contributed by atoms with Crippen LogP contribution in [0.2, 0.25) is 0 Å². The molecule has 2 nitrogen and oxygen atoms in total. The Bertz CT molecular complexity index is 598. The Morgan fingerprint density at radius 3 is 2.40 bits per heavy atom. The molecule has 0 aliphatic rings. The Morgan fingerprint density at radius 2 is 1.90 bits per heavy atom. The van der Waals surface area contributed by atoms with Gasteiger partial charge in [-0.25, -0.2) is 9.37 Å². The second-order valence-corrected chi connectivity index (χ2v) is 4.44. The number of alkyl halides is 4. The van der Waals surface area contributed by atoms with E-state index < -0.39 is 17.7 Å². The highest BCUT2D eigenvalue weighted by atomic mass is 79.9. The van der Waals surface area contributed by atoms with Crippen LogP contribution in [0, 0.1) is 5.82 Å². The van der Waals surface area contributed by atoms with Gasteiger partial charge < -0.3 is 4.74 Å². The van der Waals surface area contributed by atoms with E-state index in [1.807, 2.05) is 0 Å². The minimum absolute atomic E-state index is 0.0310. The van der Waals surface area contributed by atoms with Crippen LogP contribution in [0.25, 0.3) is 0 Å². The number of rotatable bonds is 3. The standard InChI is InChI=1S/C13H8BrF4NO/c14-6-8-1-3-11(10(15)5-8)20-9-2-4-12(19-7-9)13(16,17)18/h1-5,7H,6H2. The van der Waals surface area contributed by atoms with Crippen molar-refractivity contribution in [2.24, 2.45) is 0 Å². The van der Waals surface area contributed by atoms with Crippen molar-refractivity contribution in [3.63, 3.8) is 0 Å². The largest absolute Gasteiger partial charge is 0.453 e. The van der Waals surface area contributed by atoms with Gasteiger partial charge in [-0.1, -0.05) is 22.0 Å². The molecule has 0 saturated carbocycles. The number of halogens is 5. The molecule has 1 aromatic heterocycles. The molecular formula is C13H8BrF4NO. The van der Waals surface area contributed by atoms with Crippen LogP contribution in [0.3, 0.4) is 0 Å². The van der Waals surface area contributed by atoms with E-state index in [2.05, 4.69) is 20.9 Å². The van der Waals surface area contributed by atoms with E-state index in [9.17, 15) is 17.6 Å². The Kier molecular flexibility index (Phi) is 4.27. The topological polar surface area (TPSA) is 22.1 Å². The maximum Gasteiger partial charge on any atom is 0.433 e. The molecule has 0 radical (unpaired) electrons. The third-order valence-corrected chi connectivity index (χ3v) is 3.05. The zero-order valence-electron chi connectivity index (χ0n) is 9.92. The van der Waals surface area contributed by atoms with Crippen LogP contribution in [-0.2, 0) is 11.5 Å². The van der Waals surface area contributed by atoms with E-state index in [1.54, 1.807) is 6.07 Å². The number of hydrogen-bond donors (Lipinski definition) is 0. The molecule has 0 fully saturated rings. The lowest BCUT2D eigenvalue weighted by atomic mass is 10.2. The maximum atomic E-state index is 13.6. The van der Waals surface area contributed by atoms with Gasteiger partial charge in [-0.3, -0.25) is 0 Å². The predicted molar refractivity (Wildman–Crippen MR) is 68.3 cm³/mol. The molecule has 0 aliphatic carbocycles. The van der Waals surface area contributed by atoms with E-state index in [1.165, 1.54) is 12.1 Å². The zero-order valence-corrected chi connectivity index (χ0v) is 11.5. The Labute approximate surface area is 120 Å². The van der Waals surface area contributed by atoms with Gasteiger partial charge in [0.25, 0.3) is 0 Å². The molecule has 0 saturated heterocycles. The summed E-state index contributed by atoms with van der Waals surface area (Å²) in [4.78, 5) is 3.23. The summed E-state index contributed by atoms with van der Waals surface area (Å²) in [6, 6.07) is 6.20. The molecule has 106 valence electrons. The monoisotopic (exact) mass is 349 g/mol. The second kappa shape index (κ2) is 5.78. The van der Waals surface area contributed by atoms with Gasteiger partial charge in [0.05, 0.1) is 6.20 Å². The first kappa shape index (κ1) is 14.8. The normalized spacial score (nSPS) is 11.4. The summed E-state index contributed by atoms with van der Waals surface area (Å²) in [6.07, 6.45) is -3.61. The van der Waals surface area contributed by atoms with Gasteiger partial charge in [0.15, 0.2) is 11.6 Å². The number of benzene rings is 1. The number of aromatic nitrogens is 1. The van der Waals surface area contributed by atoms with Crippen molar-refractivity contribution in [3.05, 3.63) is 53.6 Å².